The maximum absolute atomic E-state index is 12.1. The smallest absolute Gasteiger partial charge is 0.352 e. The van der Waals surface area contributed by atoms with Gasteiger partial charge < -0.3 is 9.47 Å². The van der Waals surface area contributed by atoms with E-state index in [1.54, 1.807) is 18.3 Å². The first-order valence-corrected chi connectivity index (χ1v) is 6.93. The predicted molar refractivity (Wildman–Crippen MR) is 78.3 cm³/mol. The predicted octanol–water partition coefficient (Wildman–Crippen LogP) is 2.91. The van der Waals surface area contributed by atoms with Crippen LogP contribution in [-0.2, 0) is 19.1 Å². The number of pyridine rings is 1. The van der Waals surface area contributed by atoms with Crippen molar-refractivity contribution in [2.24, 2.45) is 11.3 Å². The zero-order valence-corrected chi connectivity index (χ0v) is 13.3. The third kappa shape index (κ3) is 5.17. The second-order valence-electron chi connectivity index (χ2n) is 6.15. The minimum Gasteiger partial charge on any atom is -0.466 e. The molecular weight excluding hydrogens is 270 g/mol. The lowest BCUT2D eigenvalue weighted by Gasteiger charge is -2.27. The normalized spacial score (nSPS) is 14.1. The van der Waals surface area contributed by atoms with Gasteiger partial charge in [-0.15, -0.1) is 0 Å². The Labute approximate surface area is 125 Å². The van der Waals surface area contributed by atoms with Gasteiger partial charge in [-0.1, -0.05) is 33.8 Å². The molecule has 1 aromatic heterocycles. The summed E-state index contributed by atoms with van der Waals surface area (Å²) < 4.78 is 10.00. The van der Waals surface area contributed by atoms with Gasteiger partial charge in [0.05, 0.1) is 7.11 Å². The molecule has 0 bridgehead atoms. The lowest BCUT2D eigenvalue weighted by atomic mass is 9.80. The third-order valence-corrected chi connectivity index (χ3v) is 3.60. The molecule has 0 saturated heterocycles. The molecule has 116 valence electrons. The summed E-state index contributed by atoms with van der Waals surface area (Å²) in [5.41, 5.74) is 0.495. The van der Waals surface area contributed by atoms with Gasteiger partial charge in [-0.25, -0.2) is 4.79 Å². The molecule has 21 heavy (non-hydrogen) atoms. The lowest BCUT2D eigenvalue weighted by molar-refractivity contribution is -0.167. The van der Waals surface area contributed by atoms with E-state index in [0.717, 1.165) is 0 Å². The van der Waals surface area contributed by atoms with E-state index in [-0.39, 0.29) is 17.8 Å². The largest absolute Gasteiger partial charge is 0.466 e. The first-order valence-electron chi connectivity index (χ1n) is 6.93. The summed E-state index contributed by atoms with van der Waals surface area (Å²) >= 11 is 0. The van der Waals surface area contributed by atoms with Crippen LogP contribution in [0.15, 0.2) is 24.5 Å². The van der Waals surface area contributed by atoms with Gasteiger partial charge in [0, 0.05) is 24.4 Å². The second-order valence-corrected chi connectivity index (χ2v) is 6.15. The minimum atomic E-state index is -1.07. The van der Waals surface area contributed by atoms with Crippen LogP contribution in [0, 0.1) is 11.3 Å². The monoisotopic (exact) mass is 293 g/mol. The van der Waals surface area contributed by atoms with Crippen LogP contribution in [0.1, 0.15) is 45.8 Å². The van der Waals surface area contributed by atoms with Crippen molar-refractivity contribution < 1.29 is 19.1 Å². The Bertz CT molecular complexity index is 479. The number of carbonyl (C=O) groups is 2. The van der Waals surface area contributed by atoms with Crippen molar-refractivity contribution in [3.63, 3.8) is 0 Å². The molecule has 5 heteroatoms. The van der Waals surface area contributed by atoms with Crippen molar-refractivity contribution in [1.82, 2.24) is 4.98 Å². The van der Waals surface area contributed by atoms with Crippen LogP contribution >= 0.6 is 0 Å². The Kier molecular flexibility index (Phi) is 5.88. The molecule has 0 aliphatic rings. The molecule has 0 N–H and O–H groups in total. The molecule has 0 amide bonds. The fourth-order valence-corrected chi connectivity index (χ4v) is 1.63. The SMILES string of the molecule is COC(=O)[C@H](OC(=O)C[C@@H](C)C(C)(C)C)c1cccnc1. The first-order chi connectivity index (χ1) is 9.75. The quantitative estimate of drug-likeness (QED) is 0.781. The molecule has 0 aliphatic heterocycles. The molecule has 2 atom stereocenters. The highest BCUT2D eigenvalue weighted by Crippen LogP contribution is 2.29. The molecule has 0 fully saturated rings. The zero-order valence-electron chi connectivity index (χ0n) is 13.3. The number of hydrogen-bond donors (Lipinski definition) is 0. The zero-order chi connectivity index (χ0) is 16.0. The number of carbonyl (C=O) groups excluding carboxylic acids is 2. The second kappa shape index (κ2) is 7.20. The highest BCUT2D eigenvalue weighted by atomic mass is 16.6. The number of ether oxygens (including phenoxy) is 2. The molecule has 0 spiro atoms. The van der Waals surface area contributed by atoms with Crippen LogP contribution in [0.2, 0.25) is 0 Å². The number of hydrogen-bond acceptors (Lipinski definition) is 5. The number of methoxy groups -OCH3 is 1. The molecule has 0 aromatic carbocycles. The number of esters is 2. The summed E-state index contributed by atoms with van der Waals surface area (Å²) in [4.78, 5) is 27.8. The van der Waals surface area contributed by atoms with Gasteiger partial charge in [-0.3, -0.25) is 9.78 Å². The van der Waals surface area contributed by atoms with Crippen LogP contribution in [0.25, 0.3) is 0 Å². The first kappa shape index (κ1) is 17.1. The summed E-state index contributed by atoms with van der Waals surface area (Å²) in [5.74, 6) is -0.895. The third-order valence-electron chi connectivity index (χ3n) is 3.60. The molecule has 1 rings (SSSR count). The van der Waals surface area contributed by atoms with Crippen LogP contribution < -0.4 is 0 Å². The van der Waals surface area contributed by atoms with Gasteiger partial charge in [-0.2, -0.15) is 0 Å². The van der Waals surface area contributed by atoms with Gasteiger partial charge in [0.2, 0.25) is 6.10 Å². The molecule has 0 aliphatic carbocycles. The van der Waals surface area contributed by atoms with Crippen molar-refractivity contribution in [2.45, 2.75) is 40.2 Å². The van der Waals surface area contributed by atoms with E-state index in [9.17, 15) is 9.59 Å². The fraction of sp³-hybridized carbons (Fsp3) is 0.562. The summed E-state index contributed by atoms with van der Waals surface area (Å²) in [6.45, 7) is 8.16. The standard InChI is InChI=1S/C16H23NO4/c1-11(16(2,3)4)9-13(18)21-14(15(19)20-5)12-7-6-8-17-10-12/h6-8,10-11,14H,9H2,1-5H3/t11-,14-/m1/s1. The Morgan fingerprint density at radius 1 is 1.33 bits per heavy atom. The van der Waals surface area contributed by atoms with Gasteiger partial charge in [-0.05, 0) is 17.4 Å². The van der Waals surface area contributed by atoms with Crippen LogP contribution in [0.5, 0.6) is 0 Å². The summed E-state index contributed by atoms with van der Waals surface area (Å²) in [7, 11) is 1.26. The van der Waals surface area contributed by atoms with Gasteiger partial charge in [0.15, 0.2) is 0 Å². The minimum absolute atomic E-state index is 0.00587. The Morgan fingerprint density at radius 2 is 2.00 bits per heavy atom. The van der Waals surface area contributed by atoms with Gasteiger partial charge in [0.25, 0.3) is 0 Å². The Hall–Kier alpha value is -1.91. The summed E-state index contributed by atoms with van der Waals surface area (Å²) in [6.07, 6.45) is 2.25. The molecular formula is C16H23NO4. The number of rotatable bonds is 5. The van der Waals surface area contributed by atoms with Gasteiger partial charge in [0.1, 0.15) is 0 Å². The molecule has 0 radical (unpaired) electrons. The Balaban J connectivity index is 2.79. The molecule has 0 saturated carbocycles. The van der Waals surface area contributed by atoms with Crippen molar-refractivity contribution >= 4 is 11.9 Å². The van der Waals surface area contributed by atoms with E-state index in [2.05, 4.69) is 25.8 Å². The van der Waals surface area contributed by atoms with Crippen LogP contribution in [0.3, 0.4) is 0 Å². The van der Waals surface area contributed by atoms with E-state index in [0.29, 0.717) is 5.56 Å². The van der Waals surface area contributed by atoms with Crippen LogP contribution in [-0.4, -0.2) is 24.0 Å². The Morgan fingerprint density at radius 3 is 2.48 bits per heavy atom. The average molecular weight is 293 g/mol. The molecule has 5 nitrogen and oxygen atoms in total. The lowest BCUT2D eigenvalue weighted by Crippen LogP contribution is -2.25. The van der Waals surface area contributed by atoms with Crippen molar-refractivity contribution in [1.29, 1.82) is 0 Å². The average Bonchev–Trinajstić information content (AvgIpc) is 2.43. The summed E-state index contributed by atoms with van der Waals surface area (Å²) in [6, 6.07) is 3.35. The molecule has 1 heterocycles. The van der Waals surface area contributed by atoms with E-state index < -0.39 is 18.0 Å². The topological polar surface area (TPSA) is 65.5 Å². The summed E-state index contributed by atoms with van der Waals surface area (Å²) in [5, 5.41) is 0. The molecule has 1 aromatic rings. The van der Waals surface area contributed by atoms with Crippen molar-refractivity contribution in [2.75, 3.05) is 7.11 Å². The highest BCUT2D eigenvalue weighted by Gasteiger charge is 2.29. The van der Waals surface area contributed by atoms with Gasteiger partial charge >= 0.3 is 11.9 Å². The van der Waals surface area contributed by atoms with Crippen molar-refractivity contribution in [3.8, 4) is 0 Å². The van der Waals surface area contributed by atoms with E-state index in [4.69, 9.17) is 9.47 Å². The van der Waals surface area contributed by atoms with Crippen molar-refractivity contribution in [3.05, 3.63) is 30.1 Å². The number of aromatic nitrogens is 1. The van der Waals surface area contributed by atoms with E-state index >= 15 is 0 Å². The fourth-order valence-electron chi connectivity index (χ4n) is 1.63. The van der Waals surface area contributed by atoms with E-state index in [1.807, 2.05) is 6.92 Å². The maximum atomic E-state index is 12.1. The maximum Gasteiger partial charge on any atom is 0.352 e. The number of nitrogens with zero attached hydrogens (tertiary/aromatic N) is 1. The highest BCUT2D eigenvalue weighted by molar-refractivity contribution is 5.80. The van der Waals surface area contributed by atoms with E-state index in [1.165, 1.54) is 13.3 Å². The van der Waals surface area contributed by atoms with Crippen LogP contribution in [0.4, 0.5) is 0 Å². The molecule has 0 unspecified atom stereocenters.